The molecule has 0 saturated heterocycles. The summed E-state index contributed by atoms with van der Waals surface area (Å²) in [4.78, 5) is 0. The highest BCUT2D eigenvalue weighted by Crippen LogP contribution is 2.38. The highest BCUT2D eigenvalue weighted by Gasteiger charge is 2.15. The molecule has 0 unspecified atom stereocenters. The van der Waals surface area contributed by atoms with Crippen molar-refractivity contribution < 1.29 is 8.83 Å². The number of hydrogen-bond acceptors (Lipinski definition) is 2. The second-order valence-electron chi connectivity index (χ2n) is 5.56. The normalized spacial score (nSPS) is 11.2. The predicted octanol–water partition coefficient (Wildman–Crippen LogP) is 5.98. The number of hydrogen-bond donors (Lipinski definition) is 0. The Morgan fingerprint density at radius 3 is 1.41 bits per heavy atom. The van der Waals surface area contributed by atoms with E-state index in [4.69, 9.17) is 8.83 Å². The average Bonchev–Trinajstić information content (AvgIpc) is 3.20. The maximum atomic E-state index is 5.65. The number of benzene rings is 2. The summed E-state index contributed by atoms with van der Waals surface area (Å²) < 4.78 is 11.3. The molecule has 0 saturated carbocycles. The van der Waals surface area contributed by atoms with Gasteiger partial charge in [0.05, 0.1) is 12.5 Å². The Bertz CT molecular complexity index is 850. The highest BCUT2D eigenvalue weighted by atomic mass is 16.3. The van der Waals surface area contributed by atoms with Crippen LogP contribution in [0.4, 0.5) is 0 Å². The Morgan fingerprint density at radius 1 is 0.591 bits per heavy atom. The molecule has 0 bridgehead atoms. The summed E-state index contributed by atoms with van der Waals surface area (Å²) in [5.74, 6) is 1.80. The number of fused-ring (bicyclic) bond motifs is 1. The molecular formula is C20H16O2. The summed E-state index contributed by atoms with van der Waals surface area (Å²) >= 11 is 0. The fourth-order valence-corrected chi connectivity index (χ4v) is 3.12. The molecule has 22 heavy (non-hydrogen) atoms. The first-order valence-electron chi connectivity index (χ1n) is 7.36. The van der Waals surface area contributed by atoms with Crippen molar-refractivity contribution in [1.82, 2.24) is 0 Å². The van der Waals surface area contributed by atoms with Crippen LogP contribution in [0, 0.1) is 13.8 Å². The van der Waals surface area contributed by atoms with E-state index in [1.54, 1.807) is 12.5 Å². The molecule has 0 N–H and O–H groups in total. The van der Waals surface area contributed by atoms with Crippen molar-refractivity contribution in [3.8, 4) is 22.6 Å². The van der Waals surface area contributed by atoms with Gasteiger partial charge in [-0.1, -0.05) is 24.3 Å². The molecule has 0 amide bonds. The summed E-state index contributed by atoms with van der Waals surface area (Å²) in [5.41, 5.74) is 4.71. The highest BCUT2D eigenvalue weighted by molar-refractivity contribution is 6.05. The number of rotatable bonds is 2. The van der Waals surface area contributed by atoms with Crippen molar-refractivity contribution in [3.05, 3.63) is 72.2 Å². The van der Waals surface area contributed by atoms with Crippen molar-refractivity contribution in [1.29, 1.82) is 0 Å². The Kier molecular flexibility index (Phi) is 2.90. The molecule has 0 aliphatic rings. The summed E-state index contributed by atoms with van der Waals surface area (Å²) in [6.45, 7) is 4.23. The fourth-order valence-electron chi connectivity index (χ4n) is 3.12. The van der Waals surface area contributed by atoms with Gasteiger partial charge in [-0.3, -0.25) is 0 Å². The zero-order chi connectivity index (χ0) is 15.1. The van der Waals surface area contributed by atoms with Gasteiger partial charge in [0, 0.05) is 11.1 Å². The van der Waals surface area contributed by atoms with Crippen LogP contribution in [0.25, 0.3) is 33.4 Å². The third kappa shape index (κ3) is 1.88. The summed E-state index contributed by atoms with van der Waals surface area (Å²) in [6.07, 6.45) is 3.43. The molecule has 108 valence electrons. The van der Waals surface area contributed by atoms with Crippen molar-refractivity contribution in [2.45, 2.75) is 13.8 Å². The van der Waals surface area contributed by atoms with Gasteiger partial charge in [-0.2, -0.15) is 0 Å². The SMILES string of the molecule is Cc1ccc2c(-c3ccco3)c(C)ccc2c1-c1ccco1. The second-order valence-corrected chi connectivity index (χ2v) is 5.56. The Morgan fingerprint density at radius 2 is 1.05 bits per heavy atom. The minimum absolute atomic E-state index is 0.900. The predicted molar refractivity (Wildman–Crippen MR) is 88.8 cm³/mol. The van der Waals surface area contributed by atoms with Crippen molar-refractivity contribution in [2.24, 2.45) is 0 Å². The molecule has 0 atom stereocenters. The van der Waals surface area contributed by atoms with Crippen LogP contribution in [0.1, 0.15) is 11.1 Å². The molecule has 2 aromatic heterocycles. The van der Waals surface area contributed by atoms with E-state index in [1.807, 2.05) is 24.3 Å². The van der Waals surface area contributed by atoms with Crippen molar-refractivity contribution in [2.75, 3.05) is 0 Å². The third-order valence-corrected chi connectivity index (χ3v) is 4.15. The molecule has 0 radical (unpaired) electrons. The number of aryl methyl sites for hydroxylation is 2. The monoisotopic (exact) mass is 288 g/mol. The molecule has 2 aromatic carbocycles. The molecule has 2 nitrogen and oxygen atoms in total. The quantitative estimate of drug-likeness (QED) is 0.453. The lowest BCUT2D eigenvalue weighted by atomic mass is 9.92. The molecule has 0 aliphatic heterocycles. The molecular weight excluding hydrogens is 272 g/mol. The van der Waals surface area contributed by atoms with Gasteiger partial charge in [0.15, 0.2) is 0 Å². The van der Waals surface area contributed by atoms with Crippen molar-refractivity contribution >= 4 is 10.8 Å². The first-order chi connectivity index (χ1) is 10.8. The summed E-state index contributed by atoms with van der Waals surface area (Å²) in [6, 6.07) is 16.5. The lowest BCUT2D eigenvalue weighted by Crippen LogP contribution is -1.89. The van der Waals surface area contributed by atoms with Crippen LogP contribution in [0.3, 0.4) is 0 Å². The van der Waals surface area contributed by atoms with E-state index < -0.39 is 0 Å². The van der Waals surface area contributed by atoms with E-state index in [1.165, 1.54) is 21.9 Å². The second kappa shape index (κ2) is 4.92. The van der Waals surface area contributed by atoms with Crippen LogP contribution >= 0.6 is 0 Å². The first-order valence-corrected chi connectivity index (χ1v) is 7.36. The Hall–Kier alpha value is -2.74. The van der Waals surface area contributed by atoms with Crippen LogP contribution in [-0.4, -0.2) is 0 Å². The van der Waals surface area contributed by atoms with Gasteiger partial charge >= 0.3 is 0 Å². The first kappa shape index (κ1) is 13.0. The van der Waals surface area contributed by atoms with E-state index >= 15 is 0 Å². The van der Waals surface area contributed by atoms with Gasteiger partial charge in [-0.25, -0.2) is 0 Å². The van der Waals surface area contributed by atoms with E-state index in [-0.39, 0.29) is 0 Å². The maximum absolute atomic E-state index is 5.65. The third-order valence-electron chi connectivity index (χ3n) is 4.15. The topological polar surface area (TPSA) is 26.3 Å². The lowest BCUT2D eigenvalue weighted by Gasteiger charge is -2.13. The fraction of sp³-hybridized carbons (Fsp3) is 0.100. The van der Waals surface area contributed by atoms with Gasteiger partial charge in [-0.15, -0.1) is 0 Å². The zero-order valence-corrected chi connectivity index (χ0v) is 12.6. The smallest absolute Gasteiger partial charge is 0.134 e. The minimum Gasteiger partial charge on any atom is -0.464 e. The molecule has 0 spiro atoms. The van der Waals surface area contributed by atoms with Crippen LogP contribution < -0.4 is 0 Å². The minimum atomic E-state index is 0.900. The van der Waals surface area contributed by atoms with Crippen LogP contribution in [0.2, 0.25) is 0 Å². The molecule has 0 aliphatic carbocycles. The standard InChI is InChI=1S/C20H16O2/c1-13-7-9-16-15(19(13)17-5-3-11-21-17)10-8-14(2)20(16)18-6-4-12-22-18/h3-12H,1-2H3. The zero-order valence-electron chi connectivity index (χ0n) is 12.6. The summed E-state index contributed by atoms with van der Waals surface area (Å²) in [7, 11) is 0. The maximum Gasteiger partial charge on any atom is 0.134 e. The van der Waals surface area contributed by atoms with E-state index in [2.05, 4.69) is 38.1 Å². The lowest BCUT2D eigenvalue weighted by molar-refractivity contribution is 0.581. The van der Waals surface area contributed by atoms with Gasteiger partial charge in [-0.05, 0) is 60.0 Å². The van der Waals surface area contributed by atoms with E-state index in [9.17, 15) is 0 Å². The van der Waals surface area contributed by atoms with Gasteiger partial charge in [0.1, 0.15) is 11.5 Å². The molecule has 2 heterocycles. The molecule has 2 heteroatoms. The Balaban J connectivity index is 2.12. The van der Waals surface area contributed by atoms with Crippen molar-refractivity contribution in [3.63, 3.8) is 0 Å². The summed E-state index contributed by atoms with van der Waals surface area (Å²) in [5, 5.41) is 2.37. The van der Waals surface area contributed by atoms with Crippen LogP contribution in [0.15, 0.2) is 69.9 Å². The number of furan rings is 2. The average molecular weight is 288 g/mol. The molecule has 4 rings (SSSR count). The van der Waals surface area contributed by atoms with Crippen LogP contribution in [-0.2, 0) is 0 Å². The molecule has 0 fully saturated rings. The largest absolute Gasteiger partial charge is 0.464 e. The van der Waals surface area contributed by atoms with Gasteiger partial charge in [0.2, 0.25) is 0 Å². The van der Waals surface area contributed by atoms with Gasteiger partial charge < -0.3 is 8.83 Å². The van der Waals surface area contributed by atoms with Crippen LogP contribution in [0.5, 0.6) is 0 Å². The van der Waals surface area contributed by atoms with E-state index in [0.717, 1.165) is 22.6 Å². The molecule has 4 aromatic rings. The Labute approximate surface area is 129 Å². The van der Waals surface area contributed by atoms with Gasteiger partial charge in [0.25, 0.3) is 0 Å². The van der Waals surface area contributed by atoms with E-state index in [0.29, 0.717) is 0 Å².